The first-order valence-corrected chi connectivity index (χ1v) is 6.94. The van der Waals surface area contributed by atoms with Gasteiger partial charge in [-0.2, -0.15) is 5.26 Å². The third kappa shape index (κ3) is 3.73. The Bertz CT molecular complexity index is 282. The van der Waals surface area contributed by atoms with Crippen LogP contribution >= 0.6 is 0 Å². The van der Waals surface area contributed by atoms with Crippen LogP contribution in [0.15, 0.2) is 0 Å². The normalized spacial score (nSPS) is 22.6. The number of hydrogen-bond donors (Lipinski definition) is 0. The highest BCUT2D eigenvalue weighted by Gasteiger charge is 2.29. The van der Waals surface area contributed by atoms with Crippen LogP contribution in [0.3, 0.4) is 0 Å². The molecule has 1 fully saturated rings. The highest BCUT2D eigenvalue weighted by Crippen LogP contribution is 2.22. The van der Waals surface area contributed by atoms with Crippen molar-refractivity contribution in [3.8, 4) is 6.07 Å². The maximum absolute atomic E-state index is 12.3. The van der Waals surface area contributed by atoms with Crippen molar-refractivity contribution < 1.29 is 4.79 Å². The number of rotatable bonds is 4. The Labute approximate surface area is 105 Å². The first kappa shape index (κ1) is 14.0. The summed E-state index contributed by atoms with van der Waals surface area (Å²) in [5, 5.41) is 9.09. The van der Waals surface area contributed by atoms with Crippen LogP contribution in [0.25, 0.3) is 0 Å². The first-order valence-electron chi connectivity index (χ1n) is 6.94. The third-order valence-corrected chi connectivity index (χ3v) is 3.66. The minimum atomic E-state index is -0.424. The van der Waals surface area contributed by atoms with E-state index in [0.717, 1.165) is 32.2 Å². The van der Waals surface area contributed by atoms with Gasteiger partial charge in [0.15, 0.2) is 0 Å². The highest BCUT2D eigenvalue weighted by atomic mass is 16.2. The largest absolute Gasteiger partial charge is 0.339 e. The molecule has 0 radical (unpaired) electrons. The molecule has 2 atom stereocenters. The summed E-state index contributed by atoms with van der Waals surface area (Å²) in [6, 6.07) is 2.53. The van der Waals surface area contributed by atoms with Gasteiger partial charge in [0.1, 0.15) is 5.92 Å². The van der Waals surface area contributed by atoms with Crippen LogP contribution in [0, 0.1) is 17.2 Å². The summed E-state index contributed by atoms with van der Waals surface area (Å²) < 4.78 is 0. The zero-order valence-corrected chi connectivity index (χ0v) is 11.1. The predicted octanol–water partition coefficient (Wildman–Crippen LogP) is 3.11. The van der Waals surface area contributed by atoms with Gasteiger partial charge in [-0.05, 0) is 25.7 Å². The second kappa shape index (κ2) is 7.32. The molecule has 0 N–H and O–H groups in total. The third-order valence-electron chi connectivity index (χ3n) is 3.66. The molecule has 1 amide bonds. The minimum absolute atomic E-state index is 0.0723. The zero-order valence-electron chi connectivity index (χ0n) is 11.1. The lowest BCUT2D eigenvalue weighted by atomic mass is 10.0. The lowest BCUT2D eigenvalue weighted by Crippen LogP contribution is -2.42. The van der Waals surface area contributed by atoms with Crippen LogP contribution in [0.4, 0.5) is 0 Å². The van der Waals surface area contributed by atoms with Gasteiger partial charge in [0, 0.05) is 12.6 Å². The van der Waals surface area contributed by atoms with E-state index < -0.39 is 5.92 Å². The summed E-state index contributed by atoms with van der Waals surface area (Å²) in [7, 11) is 0. The second-order valence-electron chi connectivity index (χ2n) is 4.91. The van der Waals surface area contributed by atoms with Gasteiger partial charge in [-0.1, -0.05) is 33.1 Å². The van der Waals surface area contributed by atoms with Gasteiger partial charge in [0.25, 0.3) is 0 Å². The molecule has 0 spiro atoms. The average Bonchev–Trinajstić information content (AvgIpc) is 2.59. The fraction of sp³-hybridized carbons (Fsp3) is 0.857. The van der Waals surface area contributed by atoms with E-state index in [1.165, 1.54) is 12.8 Å². The summed E-state index contributed by atoms with van der Waals surface area (Å²) in [6.45, 7) is 5.01. The molecule has 1 aliphatic rings. The fourth-order valence-electron chi connectivity index (χ4n) is 2.62. The Kier molecular flexibility index (Phi) is 6.04. The number of carbonyl (C=O) groups excluding carboxylic acids is 1. The van der Waals surface area contributed by atoms with Crippen molar-refractivity contribution in [3.05, 3.63) is 0 Å². The Hall–Kier alpha value is -1.04. The molecule has 3 nitrogen and oxygen atoms in total. The van der Waals surface area contributed by atoms with E-state index in [9.17, 15) is 4.79 Å². The topological polar surface area (TPSA) is 44.1 Å². The van der Waals surface area contributed by atoms with Crippen molar-refractivity contribution >= 4 is 5.91 Å². The number of carbonyl (C=O) groups is 1. The smallest absolute Gasteiger partial charge is 0.240 e. The molecule has 0 aromatic heterocycles. The quantitative estimate of drug-likeness (QED) is 0.752. The summed E-state index contributed by atoms with van der Waals surface area (Å²) >= 11 is 0. The van der Waals surface area contributed by atoms with Crippen molar-refractivity contribution in [2.75, 3.05) is 6.54 Å². The van der Waals surface area contributed by atoms with E-state index in [1.807, 2.05) is 11.8 Å². The average molecular weight is 236 g/mol. The maximum atomic E-state index is 12.3. The van der Waals surface area contributed by atoms with Crippen molar-refractivity contribution in [2.24, 2.45) is 5.92 Å². The number of likely N-dealkylation sites (tertiary alicyclic amines) is 1. The number of hydrogen-bond acceptors (Lipinski definition) is 2. The molecule has 1 aliphatic heterocycles. The monoisotopic (exact) mass is 236 g/mol. The number of amides is 1. The summed E-state index contributed by atoms with van der Waals surface area (Å²) in [6.07, 6.45) is 7.23. The minimum Gasteiger partial charge on any atom is -0.339 e. The second-order valence-corrected chi connectivity index (χ2v) is 4.91. The number of nitrogens with zero attached hydrogens (tertiary/aromatic N) is 2. The Balaban J connectivity index is 2.72. The molecular weight excluding hydrogens is 212 g/mol. The van der Waals surface area contributed by atoms with Crippen molar-refractivity contribution in [1.29, 1.82) is 5.26 Å². The van der Waals surface area contributed by atoms with Gasteiger partial charge in [-0.15, -0.1) is 0 Å². The summed E-state index contributed by atoms with van der Waals surface area (Å²) in [5.41, 5.74) is 0. The molecule has 96 valence electrons. The lowest BCUT2D eigenvalue weighted by Gasteiger charge is -2.30. The van der Waals surface area contributed by atoms with Gasteiger partial charge >= 0.3 is 0 Å². The Morgan fingerprint density at radius 3 is 2.76 bits per heavy atom. The van der Waals surface area contributed by atoms with Crippen LogP contribution in [0.1, 0.15) is 58.8 Å². The molecule has 0 aromatic carbocycles. The molecule has 0 saturated carbocycles. The fourth-order valence-corrected chi connectivity index (χ4v) is 2.62. The van der Waals surface area contributed by atoms with E-state index in [4.69, 9.17) is 5.26 Å². The molecule has 0 aliphatic carbocycles. The van der Waals surface area contributed by atoms with Gasteiger partial charge in [-0.25, -0.2) is 0 Å². The van der Waals surface area contributed by atoms with Crippen molar-refractivity contribution in [1.82, 2.24) is 4.90 Å². The first-order chi connectivity index (χ1) is 8.24. The van der Waals surface area contributed by atoms with Gasteiger partial charge in [0.05, 0.1) is 6.07 Å². The Morgan fingerprint density at radius 1 is 1.41 bits per heavy atom. The molecule has 1 heterocycles. The van der Waals surface area contributed by atoms with Crippen molar-refractivity contribution in [2.45, 2.75) is 64.8 Å². The van der Waals surface area contributed by atoms with Crippen LogP contribution in [-0.4, -0.2) is 23.4 Å². The van der Waals surface area contributed by atoms with E-state index in [-0.39, 0.29) is 5.91 Å². The molecule has 0 bridgehead atoms. The standard InChI is InChI=1S/C14H24N2O/c1-3-8-12(11-15)14(17)16-10-7-5-6-9-13(16)4-2/h12-13H,3-10H2,1-2H3. The maximum Gasteiger partial charge on any atom is 0.240 e. The van der Waals surface area contributed by atoms with Gasteiger partial charge < -0.3 is 4.90 Å². The molecule has 3 heteroatoms. The van der Waals surface area contributed by atoms with Crippen LogP contribution in [0.2, 0.25) is 0 Å². The van der Waals surface area contributed by atoms with Gasteiger partial charge in [0.2, 0.25) is 5.91 Å². The van der Waals surface area contributed by atoms with Gasteiger partial charge in [-0.3, -0.25) is 4.79 Å². The molecule has 1 saturated heterocycles. The number of nitriles is 1. The van der Waals surface area contributed by atoms with E-state index in [2.05, 4.69) is 13.0 Å². The van der Waals surface area contributed by atoms with E-state index >= 15 is 0 Å². The molecule has 17 heavy (non-hydrogen) atoms. The Morgan fingerprint density at radius 2 is 2.18 bits per heavy atom. The van der Waals surface area contributed by atoms with Crippen LogP contribution in [-0.2, 0) is 4.79 Å². The SMILES string of the molecule is CCCC(C#N)C(=O)N1CCCCCC1CC. The highest BCUT2D eigenvalue weighted by molar-refractivity contribution is 5.81. The van der Waals surface area contributed by atoms with E-state index in [1.54, 1.807) is 0 Å². The lowest BCUT2D eigenvalue weighted by molar-refractivity contribution is -0.136. The van der Waals surface area contributed by atoms with E-state index in [0.29, 0.717) is 12.5 Å². The summed E-state index contributed by atoms with van der Waals surface area (Å²) in [5.74, 6) is -0.352. The molecule has 1 rings (SSSR count). The summed E-state index contributed by atoms with van der Waals surface area (Å²) in [4.78, 5) is 14.3. The zero-order chi connectivity index (χ0) is 12.7. The molecule has 0 aromatic rings. The van der Waals surface area contributed by atoms with Crippen LogP contribution in [0.5, 0.6) is 0 Å². The predicted molar refractivity (Wildman–Crippen MR) is 68.3 cm³/mol. The molecular formula is C14H24N2O. The van der Waals surface area contributed by atoms with Crippen molar-refractivity contribution in [3.63, 3.8) is 0 Å². The van der Waals surface area contributed by atoms with Crippen LogP contribution < -0.4 is 0 Å². The molecule has 2 unspecified atom stereocenters.